The summed E-state index contributed by atoms with van der Waals surface area (Å²) in [7, 11) is 0. The van der Waals surface area contributed by atoms with Gasteiger partial charge in [0.1, 0.15) is 23.2 Å². The summed E-state index contributed by atoms with van der Waals surface area (Å²) in [5.74, 6) is -1.74. The van der Waals surface area contributed by atoms with Crippen molar-refractivity contribution in [3.05, 3.63) is 87.3 Å². The summed E-state index contributed by atoms with van der Waals surface area (Å²) in [6.07, 6.45) is 0. The Morgan fingerprint density at radius 2 is 1.84 bits per heavy atom. The van der Waals surface area contributed by atoms with Crippen LogP contribution in [0.25, 0.3) is 5.65 Å². The van der Waals surface area contributed by atoms with Crippen molar-refractivity contribution in [1.29, 1.82) is 0 Å². The second kappa shape index (κ2) is 8.86. The number of anilines is 1. The van der Waals surface area contributed by atoms with Crippen LogP contribution in [0.4, 0.5) is 14.5 Å². The third-order valence-electron chi connectivity index (χ3n) is 4.21. The van der Waals surface area contributed by atoms with Crippen molar-refractivity contribution in [3.63, 3.8) is 0 Å². The predicted octanol–water partition coefficient (Wildman–Crippen LogP) is 3.75. The third kappa shape index (κ3) is 4.92. The second-order valence-corrected chi connectivity index (χ2v) is 7.90. The van der Waals surface area contributed by atoms with Crippen molar-refractivity contribution in [1.82, 2.24) is 19.4 Å². The molecule has 11 heteroatoms. The zero-order chi connectivity index (χ0) is 22.0. The molecule has 2 aromatic carbocycles. The van der Waals surface area contributed by atoms with E-state index < -0.39 is 29.8 Å². The largest absolute Gasteiger partial charge is 0.367 e. The number of fused-ring (bicyclic) bond motifs is 1. The molecule has 0 radical (unpaired) electrons. The van der Waals surface area contributed by atoms with Crippen LogP contribution in [-0.4, -0.2) is 25.3 Å². The van der Waals surface area contributed by atoms with Crippen molar-refractivity contribution >= 4 is 40.6 Å². The first kappa shape index (κ1) is 21.0. The van der Waals surface area contributed by atoms with Gasteiger partial charge in [0.2, 0.25) is 5.91 Å². The standard InChI is InChI=1S/C20H14ClF2N5O2S/c21-13-3-1-12(2-4-13)11-31-19-8-7-17-25-27(20(30)28(17)26-19)10-18(29)24-16-6-5-14(22)9-15(16)23/h1-9H,10-11H2,(H,24,29). The van der Waals surface area contributed by atoms with Gasteiger partial charge in [-0.05, 0) is 42.0 Å². The van der Waals surface area contributed by atoms with Crippen LogP contribution in [0.1, 0.15) is 5.56 Å². The molecule has 2 heterocycles. The highest BCUT2D eigenvalue weighted by atomic mass is 35.5. The molecule has 0 saturated heterocycles. The lowest BCUT2D eigenvalue weighted by Crippen LogP contribution is -2.29. The molecule has 0 aliphatic heterocycles. The van der Waals surface area contributed by atoms with E-state index >= 15 is 0 Å². The SMILES string of the molecule is O=C(Cn1nc2ccc(SCc3ccc(Cl)cc3)nn2c1=O)Nc1ccc(F)cc1F. The summed E-state index contributed by atoms with van der Waals surface area (Å²) >= 11 is 7.31. The van der Waals surface area contributed by atoms with Crippen LogP contribution in [-0.2, 0) is 17.1 Å². The minimum absolute atomic E-state index is 0.192. The van der Waals surface area contributed by atoms with Gasteiger partial charge in [-0.3, -0.25) is 4.79 Å². The van der Waals surface area contributed by atoms with Crippen LogP contribution >= 0.6 is 23.4 Å². The van der Waals surface area contributed by atoms with E-state index in [-0.39, 0.29) is 11.3 Å². The zero-order valence-corrected chi connectivity index (χ0v) is 17.3. The normalized spacial score (nSPS) is 11.1. The van der Waals surface area contributed by atoms with Crippen molar-refractivity contribution in [2.45, 2.75) is 17.3 Å². The summed E-state index contributed by atoms with van der Waals surface area (Å²) in [6, 6.07) is 13.5. The molecule has 0 aliphatic rings. The third-order valence-corrected chi connectivity index (χ3v) is 5.46. The number of thioether (sulfide) groups is 1. The van der Waals surface area contributed by atoms with Crippen LogP contribution in [0.2, 0.25) is 5.02 Å². The smallest absolute Gasteiger partial charge is 0.322 e. The molecule has 4 rings (SSSR count). The van der Waals surface area contributed by atoms with Crippen molar-refractivity contribution < 1.29 is 13.6 Å². The number of halogens is 3. The molecule has 0 bridgehead atoms. The van der Waals surface area contributed by atoms with E-state index in [9.17, 15) is 18.4 Å². The quantitative estimate of drug-likeness (QED) is 0.442. The fraction of sp³-hybridized carbons (Fsp3) is 0.100. The molecule has 31 heavy (non-hydrogen) atoms. The van der Waals surface area contributed by atoms with E-state index in [0.29, 0.717) is 21.9 Å². The summed E-state index contributed by atoms with van der Waals surface area (Å²) in [5, 5.41) is 11.9. The average Bonchev–Trinajstić information content (AvgIpc) is 3.04. The molecule has 158 valence electrons. The van der Waals surface area contributed by atoms with Gasteiger partial charge in [0.05, 0.1) is 5.69 Å². The zero-order valence-electron chi connectivity index (χ0n) is 15.8. The molecule has 0 unspecified atom stereocenters. The van der Waals surface area contributed by atoms with Crippen molar-refractivity contribution in [2.75, 3.05) is 5.32 Å². The summed E-state index contributed by atoms with van der Waals surface area (Å²) in [6.45, 7) is -0.452. The van der Waals surface area contributed by atoms with E-state index in [0.717, 1.165) is 26.9 Å². The molecule has 0 aliphatic carbocycles. The van der Waals surface area contributed by atoms with Gasteiger partial charge in [-0.25, -0.2) is 18.3 Å². The number of carbonyl (C=O) groups is 1. The number of hydrogen-bond donors (Lipinski definition) is 1. The minimum atomic E-state index is -0.917. The Bertz CT molecular complexity index is 1320. The molecule has 4 aromatic rings. The van der Waals surface area contributed by atoms with Gasteiger partial charge < -0.3 is 5.32 Å². The molecule has 1 N–H and O–H groups in total. The summed E-state index contributed by atoms with van der Waals surface area (Å²) in [4.78, 5) is 24.7. The highest BCUT2D eigenvalue weighted by Crippen LogP contribution is 2.21. The molecule has 0 atom stereocenters. The first-order chi connectivity index (χ1) is 14.9. The fourth-order valence-electron chi connectivity index (χ4n) is 2.73. The number of benzene rings is 2. The maximum absolute atomic E-state index is 13.7. The first-order valence-corrected chi connectivity index (χ1v) is 10.3. The lowest BCUT2D eigenvalue weighted by molar-refractivity contribution is -0.117. The first-order valence-electron chi connectivity index (χ1n) is 8.98. The van der Waals surface area contributed by atoms with Crippen LogP contribution in [0.3, 0.4) is 0 Å². The van der Waals surface area contributed by atoms with Crippen LogP contribution in [0.15, 0.2) is 64.4 Å². The Balaban J connectivity index is 1.47. The molecule has 0 saturated carbocycles. The number of nitrogens with one attached hydrogen (secondary N) is 1. The van der Waals surface area contributed by atoms with E-state index in [1.807, 2.05) is 12.1 Å². The minimum Gasteiger partial charge on any atom is -0.322 e. The second-order valence-electron chi connectivity index (χ2n) is 6.47. The Labute approximate surface area is 183 Å². The maximum atomic E-state index is 13.7. The highest BCUT2D eigenvalue weighted by Gasteiger charge is 2.14. The van der Waals surface area contributed by atoms with Gasteiger partial charge in [-0.2, -0.15) is 9.61 Å². The lowest BCUT2D eigenvalue weighted by Gasteiger charge is -2.05. The Hall–Kier alpha value is -3.24. The summed E-state index contributed by atoms with van der Waals surface area (Å²) < 4.78 is 28.7. The number of amides is 1. The van der Waals surface area contributed by atoms with Gasteiger partial charge in [-0.1, -0.05) is 35.5 Å². The highest BCUT2D eigenvalue weighted by molar-refractivity contribution is 7.98. The van der Waals surface area contributed by atoms with Gasteiger partial charge in [0, 0.05) is 16.8 Å². The molecular formula is C20H14ClF2N5O2S. The topological polar surface area (TPSA) is 81.3 Å². The van der Waals surface area contributed by atoms with Crippen molar-refractivity contribution in [3.8, 4) is 0 Å². The number of hydrogen-bond acceptors (Lipinski definition) is 5. The molecule has 1 amide bonds. The Morgan fingerprint density at radius 1 is 1.06 bits per heavy atom. The number of nitrogens with zero attached hydrogens (tertiary/aromatic N) is 4. The number of rotatable bonds is 6. The van der Waals surface area contributed by atoms with E-state index in [4.69, 9.17) is 11.6 Å². The van der Waals surface area contributed by atoms with Gasteiger partial charge in [0.25, 0.3) is 0 Å². The van der Waals surface area contributed by atoms with Gasteiger partial charge >= 0.3 is 5.69 Å². The number of aromatic nitrogens is 4. The number of carbonyl (C=O) groups excluding carboxylic acids is 1. The maximum Gasteiger partial charge on any atom is 0.367 e. The van der Waals surface area contributed by atoms with E-state index in [1.54, 1.807) is 24.3 Å². The predicted molar refractivity (Wildman–Crippen MR) is 113 cm³/mol. The molecular weight excluding hydrogens is 448 g/mol. The Morgan fingerprint density at radius 3 is 2.58 bits per heavy atom. The van der Waals surface area contributed by atoms with E-state index in [2.05, 4.69) is 15.5 Å². The monoisotopic (exact) mass is 461 g/mol. The van der Waals surface area contributed by atoms with Crippen LogP contribution in [0.5, 0.6) is 0 Å². The molecule has 2 aromatic heterocycles. The Kier molecular flexibility index (Phi) is 6.01. The van der Waals surface area contributed by atoms with Crippen LogP contribution in [0, 0.1) is 11.6 Å². The average molecular weight is 462 g/mol. The summed E-state index contributed by atoms with van der Waals surface area (Å²) in [5.41, 5.74) is 0.506. The molecule has 0 spiro atoms. The molecule has 0 fully saturated rings. The van der Waals surface area contributed by atoms with Gasteiger partial charge in [0.15, 0.2) is 5.65 Å². The lowest BCUT2D eigenvalue weighted by atomic mass is 10.2. The molecule has 7 nitrogen and oxygen atoms in total. The van der Waals surface area contributed by atoms with Gasteiger partial charge in [-0.15, -0.1) is 5.10 Å². The van der Waals surface area contributed by atoms with E-state index in [1.165, 1.54) is 11.8 Å². The van der Waals surface area contributed by atoms with Crippen LogP contribution < -0.4 is 11.0 Å². The fourth-order valence-corrected chi connectivity index (χ4v) is 3.66. The van der Waals surface area contributed by atoms with Crippen molar-refractivity contribution in [2.24, 2.45) is 0 Å².